The van der Waals surface area contributed by atoms with Crippen LogP contribution < -0.4 is 5.32 Å². The van der Waals surface area contributed by atoms with Gasteiger partial charge in [0, 0.05) is 35.8 Å². The van der Waals surface area contributed by atoms with Gasteiger partial charge in [-0.3, -0.25) is 9.78 Å². The normalized spacial score (nSPS) is 10.9. The van der Waals surface area contributed by atoms with Gasteiger partial charge in [0.1, 0.15) is 11.5 Å². The number of hydrogen-bond acceptors (Lipinski definition) is 6. The number of nitrogens with one attached hydrogen (secondary N) is 1. The van der Waals surface area contributed by atoms with Crippen molar-refractivity contribution >= 4 is 18.0 Å². The average Bonchev–Trinajstić information content (AvgIpc) is 3.51. The maximum absolute atomic E-state index is 12.1. The molecule has 32 heavy (non-hydrogen) atoms. The van der Waals surface area contributed by atoms with E-state index in [0.717, 1.165) is 11.3 Å². The molecular weight excluding hydrogens is 408 g/mol. The van der Waals surface area contributed by atoms with Gasteiger partial charge in [-0.25, -0.2) is 9.48 Å². The van der Waals surface area contributed by atoms with Gasteiger partial charge in [-0.1, -0.05) is 18.2 Å². The quantitative estimate of drug-likeness (QED) is 0.341. The lowest BCUT2D eigenvalue weighted by Crippen LogP contribution is -2.27. The molecular formula is C24H20N4O4. The van der Waals surface area contributed by atoms with Gasteiger partial charge >= 0.3 is 5.97 Å². The van der Waals surface area contributed by atoms with Gasteiger partial charge in [0.2, 0.25) is 0 Å². The Morgan fingerprint density at radius 2 is 1.97 bits per heavy atom. The minimum Gasteiger partial charge on any atom is -0.467 e. The number of carbonyl (C=O) groups is 2. The molecule has 0 radical (unpaired) electrons. The number of esters is 1. The first-order valence-corrected chi connectivity index (χ1v) is 9.88. The maximum Gasteiger partial charge on any atom is 0.331 e. The number of amides is 1. The van der Waals surface area contributed by atoms with E-state index in [4.69, 9.17) is 9.15 Å². The zero-order valence-corrected chi connectivity index (χ0v) is 17.0. The number of aromatic nitrogens is 3. The van der Waals surface area contributed by atoms with Crippen molar-refractivity contribution < 1.29 is 18.7 Å². The Balaban J connectivity index is 1.43. The molecule has 3 heterocycles. The van der Waals surface area contributed by atoms with Gasteiger partial charge in [-0.05, 0) is 42.5 Å². The SMILES string of the molecule is O=C(COC(=O)C=Cc1cn(-c2ccccc2)nc1-c1cccnc1)NCc1ccco1. The highest BCUT2D eigenvalue weighted by Crippen LogP contribution is 2.24. The highest BCUT2D eigenvalue weighted by Gasteiger charge is 2.12. The Labute approximate surface area is 184 Å². The predicted molar refractivity (Wildman–Crippen MR) is 117 cm³/mol. The van der Waals surface area contributed by atoms with E-state index in [9.17, 15) is 9.59 Å². The molecule has 0 aliphatic rings. The van der Waals surface area contributed by atoms with E-state index in [-0.39, 0.29) is 13.2 Å². The number of pyridine rings is 1. The van der Waals surface area contributed by atoms with E-state index in [2.05, 4.69) is 15.4 Å². The molecule has 8 nitrogen and oxygen atoms in total. The number of ether oxygens (including phenoxy) is 1. The van der Waals surface area contributed by atoms with Gasteiger partial charge in [0.15, 0.2) is 6.61 Å². The molecule has 1 aromatic carbocycles. The molecule has 3 aromatic heterocycles. The van der Waals surface area contributed by atoms with E-state index >= 15 is 0 Å². The molecule has 8 heteroatoms. The first-order valence-electron chi connectivity index (χ1n) is 9.88. The molecule has 0 aliphatic heterocycles. The van der Waals surface area contributed by atoms with Crippen molar-refractivity contribution in [1.29, 1.82) is 0 Å². The summed E-state index contributed by atoms with van der Waals surface area (Å²) >= 11 is 0. The highest BCUT2D eigenvalue weighted by molar-refractivity contribution is 5.90. The van der Waals surface area contributed by atoms with Gasteiger partial charge < -0.3 is 14.5 Å². The van der Waals surface area contributed by atoms with Crippen LogP contribution in [-0.2, 0) is 20.9 Å². The molecule has 1 N–H and O–H groups in total. The second-order valence-corrected chi connectivity index (χ2v) is 6.75. The lowest BCUT2D eigenvalue weighted by atomic mass is 10.1. The molecule has 4 rings (SSSR count). The number of para-hydroxylation sites is 1. The largest absolute Gasteiger partial charge is 0.467 e. The zero-order valence-electron chi connectivity index (χ0n) is 17.0. The Kier molecular flexibility index (Phi) is 6.52. The summed E-state index contributed by atoms with van der Waals surface area (Å²) in [6, 6.07) is 16.8. The first-order chi connectivity index (χ1) is 15.7. The lowest BCUT2D eigenvalue weighted by molar-refractivity contribution is -0.143. The Hall–Kier alpha value is -4.46. The van der Waals surface area contributed by atoms with E-state index < -0.39 is 11.9 Å². The third-order valence-electron chi connectivity index (χ3n) is 4.48. The van der Waals surface area contributed by atoms with Crippen molar-refractivity contribution in [2.24, 2.45) is 0 Å². The molecule has 1 amide bonds. The van der Waals surface area contributed by atoms with Gasteiger partial charge in [-0.15, -0.1) is 0 Å². The fourth-order valence-electron chi connectivity index (χ4n) is 2.94. The molecule has 0 spiro atoms. The van der Waals surface area contributed by atoms with Crippen LogP contribution in [0.5, 0.6) is 0 Å². The summed E-state index contributed by atoms with van der Waals surface area (Å²) in [6.45, 7) is -0.158. The Morgan fingerprint density at radius 1 is 1.09 bits per heavy atom. The summed E-state index contributed by atoms with van der Waals surface area (Å²) in [7, 11) is 0. The lowest BCUT2D eigenvalue weighted by Gasteiger charge is -2.03. The van der Waals surface area contributed by atoms with Crippen molar-refractivity contribution in [3.63, 3.8) is 0 Å². The van der Waals surface area contributed by atoms with Crippen molar-refractivity contribution in [2.75, 3.05) is 6.61 Å². The van der Waals surface area contributed by atoms with E-state index in [1.807, 2.05) is 48.7 Å². The van der Waals surface area contributed by atoms with Gasteiger partial charge in [0.05, 0.1) is 18.5 Å². The Morgan fingerprint density at radius 3 is 2.72 bits per heavy atom. The molecule has 0 fully saturated rings. The number of hydrogen-bond donors (Lipinski definition) is 1. The van der Waals surface area contributed by atoms with Crippen molar-refractivity contribution in [3.05, 3.63) is 96.9 Å². The van der Waals surface area contributed by atoms with Crippen molar-refractivity contribution in [2.45, 2.75) is 6.54 Å². The van der Waals surface area contributed by atoms with Crippen LogP contribution in [0.4, 0.5) is 0 Å². The highest BCUT2D eigenvalue weighted by atomic mass is 16.5. The predicted octanol–water partition coefficient (Wildman–Crippen LogP) is 3.40. The molecule has 0 unspecified atom stereocenters. The van der Waals surface area contributed by atoms with Gasteiger partial charge in [0.25, 0.3) is 5.91 Å². The third-order valence-corrected chi connectivity index (χ3v) is 4.48. The molecule has 4 aromatic rings. The fraction of sp³-hybridized carbons (Fsp3) is 0.0833. The van der Waals surface area contributed by atoms with E-state index in [1.54, 1.807) is 35.3 Å². The summed E-state index contributed by atoms with van der Waals surface area (Å²) in [6.07, 6.45) is 9.60. The molecule has 0 aliphatic carbocycles. The van der Waals surface area contributed by atoms with Crippen molar-refractivity contribution in [1.82, 2.24) is 20.1 Å². The summed E-state index contributed by atoms with van der Waals surface area (Å²) < 4.78 is 11.9. The smallest absolute Gasteiger partial charge is 0.331 e. The second kappa shape index (κ2) is 10.0. The number of rotatable bonds is 8. The summed E-state index contributed by atoms with van der Waals surface area (Å²) in [4.78, 5) is 28.1. The minimum absolute atomic E-state index is 0.229. The summed E-state index contributed by atoms with van der Waals surface area (Å²) in [5.74, 6) is -0.443. The number of furan rings is 1. The number of carbonyl (C=O) groups excluding carboxylic acids is 2. The molecule has 0 saturated carbocycles. The molecule has 0 saturated heterocycles. The molecule has 160 valence electrons. The van der Waals surface area contributed by atoms with Crippen LogP contribution in [0.1, 0.15) is 11.3 Å². The topological polar surface area (TPSA) is 99.3 Å². The fourth-order valence-corrected chi connectivity index (χ4v) is 2.94. The van der Waals surface area contributed by atoms with Crippen LogP contribution in [0, 0.1) is 0 Å². The Bertz CT molecular complexity index is 1200. The van der Waals surface area contributed by atoms with Crippen LogP contribution in [0.3, 0.4) is 0 Å². The summed E-state index contributed by atoms with van der Waals surface area (Å²) in [5.41, 5.74) is 3.07. The van der Waals surface area contributed by atoms with Crippen LogP contribution in [0.2, 0.25) is 0 Å². The minimum atomic E-state index is -0.636. The van der Waals surface area contributed by atoms with Gasteiger partial charge in [-0.2, -0.15) is 5.10 Å². The van der Waals surface area contributed by atoms with E-state index in [1.165, 1.54) is 12.3 Å². The summed E-state index contributed by atoms with van der Waals surface area (Å²) in [5, 5.41) is 7.26. The van der Waals surface area contributed by atoms with Crippen LogP contribution >= 0.6 is 0 Å². The zero-order chi connectivity index (χ0) is 22.2. The third kappa shape index (κ3) is 5.37. The monoisotopic (exact) mass is 428 g/mol. The number of benzene rings is 1. The first kappa shape index (κ1) is 20.8. The van der Waals surface area contributed by atoms with Crippen molar-refractivity contribution in [3.8, 4) is 16.9 Å². The molecule has 0 bridgehead atoms. The van der Waals surface area contributed by atoms with Crippen LogP contribution in [0.15, 0.2) is 89.9 Å². The van der Waals surface area contributed by atoms with E-state index in [0.29, 0.717) is 17.0 Å². The standard InChI is InChI=1S/C24H20N4O4/c29-22(26-15-21-9-5-13-31-21)17-32-23(30)11-10-19-16-28(20-7-2-1-3-8-20)27-24(19)18-6-4-12-25-14-18/h1-14,16H,15,17H2,(H,26,29). The molecule has 0 atom stereocenters. The second-order valence-electron chi connectivity index (χ2n) is 6.75. The van der Waals surface area contributed by atoms with Crippen LogP contribution in [-0.4, -0.2) is 33.2 Å². The average molecular weight is 428 g/mol. The maximum atomic E-state index is 12.1. The number of nitrogens with zero attached hydrogens (tertiary/aromatic N) is 3. The van der Waals surface area contributed by atoms with Crippen LogP contribution in [0.25, 0.3) is 23.0 Å².